The summed E-state index contributed by atoms with van der Waals surface area (Å²) in [6, 6.07) is -0.331. The number of aliphatic hydroxyl groups excluding tert-OH is 1. The zero-order chi connectivity index (χ0) is 7.40. The van der Waals surface area contributed by atoms with Gasteiger partial charge in [-0.2, -0.15) is 4.91 Å². The van der Waals surface area contributed by atoms with E-state index in [2.05, 4.69) is 5.18 Å². The molecule has 1 fully saturated rings. The molecule has 0 radical (unpaired) electrons. The molecule has 0 spiro atoms. The van der Waals surface area contributed by atoms with Gasteiger partial charge in [-0.25, -0.2) is 0 Å². The summed E-state index contributed by atoms with van der Waals surface area (Å²) in [6.45, 7) is 0. The Labute approximate surface area is 60.4 Å². The van der Waals surface area contributed by atoms with Crippen LogP contribution in [-0.2, 0) is 0 Å². The van der Waals surface area contributed by atoms with E-state index in [1.165, 1.54) is 0 Å². The van der Waals surface area contributed by atoms with Crippen LogP contribution in [0.3, 0.4) is 0 Å². The van der Waals surface area contributed by atoms with Gasteiger partial charge in [-0.1, -0.05) is 24.4 Å². The van der Waals surface area contributed by atoms with Gasteiger partial charge in [-0.3, -0.25) is 0 Å². The molecule has 0 amide bonds. The van der Waals surface area contributed by atoms with Crippen molar-refractivity contribution in [3.8, 4) is 0 Å². The van der Waals surface area contributed by atoms with Crippen LogP contribution in [0.25, 0.3) is 0 Å². The lowest BCUT2D eigenvalue weighted by Gasteiger charge is -2.10. The molecule has 0 saturated heterocycles. The summed E-state index contributed by atoms with van der Waals surface area (Å²) in [5.74, 6) is 0. The maximum atomic E-state index is 10.1. The topological polar surface area (TPSA) is 49.7 Å². The number of hydrogen-bond donors (Lipinski definition) is 1. The molecule has 0 aromatic heterocycles. The van der Waals surface area contributed by atoms with Crippen molar-refractivity contribution in [3.63, 3.8) is 0 Å². The summed E-state index contributed by atoms with van der Waals surface area (Å²) < 4.78 is 0. The first-order valence-corrected chi connectivity index (χ1v) is 3.85. The normalized spacial score (nSPS) is 34.9. The largest absolute Gasteiger partial charge is 0.391 e. The molecule has 0 bridgehead atoms. The van der Waals surface area contributed by atoms with Gasteiger partial charge in [0.15, 0.2) is 0 Å². The Morgan fingerprint density at radius 3 is 2.60 bits per heavy atom. The lowest BCUT2D eigenvalue weighted by molar-refractivity contribution is 0.137. The van der Waals surface area contributed by atoms with Crippen LogP contribution >= 0.6 is 0 Å². The van der Waals surface area contributed by atoms with Crippen LogP contribution in [0.4, 0.5) is 0 Å². The first-order valence-electron chi connectivity index (χ1n) is 3.85. The minimum absolute atomic E-state index is 0.331. The van der Waals surface area contributed by atoms with E-state index in [0.717, 1.165) is 32.1 Å². The van der Waals surface area contributed by atoms with E-state index in [4.69, 9.17) is 0 Å². The second-order valence-corrected chi connectivity index (χ2v) is 2.88. The molecule has 10 heavy (non-hydrogen) atoms. The van der Waals surface area contributed by atoms with Crippen LogP contribution in [0.2, 0.25) is 0 Å². The van der Waals surface area contributed by atoms with Gasteiger partial charge in [-0.15, -0.1) is 0 Å². The molecule has 0 heterocycles. The van der Waals surface area contributed by atoms with Crippen molar-refractivity contribution in [1.29, 1.82) is 0 Å². The minimum Gasteiger partial charge on any atom is -0.391 e. The van der Waals surface area contributed by atoms with E-state index in [1.807, 2.05) is 0 Å². The molecule has 0 aromatic carbocycles. The fourth-order valence-corrected chi connectivity index (χ4v) is 1.39. The summed E-state index contributed by atoms with van der Waals surface area (Å²) in [5.41, 5.74) is 0. The number of rotatable bonds is 1. The van der Waals surface area contributed by atoms with Gasteiger partial charge in [-0.05, 0) is 12.8 Å². The molecule has 1 N–H and O–H groups in total. The van der Waals surface area contributed by atoms with Gasteiger partial charge < -0.3 is 5.11 Å². The number of nitrogens with zero attached hydrogens (tertiary/aromatic N) is 1. The third-order valence-corrected chi connectivity index (χ3v) is 2.08. The van der Waals surface area contributed by atoms with Crippen LogP contribution in [0.1, 0.15) is 32.1 Å². The Morgan fingerprint density at radius 1 is 1.20 bits per heavy atom. The Morgan fingerprint density at radius 2 is 1.90 bits per heavy atom. The van der Waals surface area contributed by atoms with Crippen LogP contribution < -0.4 is 0 Å². The predicted octanol–water partition coefficient (Wildman–Crippen LogP) is 1.45. The van der Waals surface area contributed by atoms with Crippen LogP contribution in [-0.4, -0.2) is 17.3 Å². The van der Waals surface area contributed by atoms with Crippen molar-refractivity contribution in [1.82, 2.24) is 0 Å². The summed E-state index contributed by atoms with van der Waals surface area (Å²) in [5, 5.41) is 12.1. The van der Waals surface area contributed by atoms with E-state index in [-0.39, 0.29) is 6.04 Å². The number of aliphatic hydroxyl groups is 1. The maximum absolute atomic E-state index is 10.1. The molecule has 3 nitrogen and oxygen atoms in total. The summed E-state index contributed by atoms with van der Waals surface area (Å²) in [6.07, 6.45) is 4.24. The molecule has 1 saturated carbocycles. The number of nitroso groups, excluding NO2 is 1. The highest BCUT2D eigenvalue weighted by molar-refractivity contribution is 4.77. The number of hydrogen-bond acceptors (Lipinski definition) is 3. The highest BCUT2D eigenvalue weighted by Gasteiger charge is 2.21. The zero-order valence-corrected chi connectivity index (χ0v) is 5.99. The molecular formula is C7H13NO2. The van der Waals surface area contributed by atoms with Crippen molar-refractivity contribution in [2.75, 3.05) is 0 Å². The van der Waals surface area contributed by atoms with Gasteiger partial charge in [0.2, 0.25) is 0 Å². The van der Waals surface area contributed by atoms with Gasteiger partial charge in [0.1, 0.15) is 6.04 Å². The molecule has 3 heteroatoms. The summed E-state index contributed by atoms with van der Waals surface area (Å²) in [4.78, 5) is 10.1. The van der Waals surface area contributed by atoms with Crippen molar-refractivity contribution in [2.24, 2.45) is 5.18 Å². The van der Waals surface area contributed by atoms with E-state index in [0.29, 0.717) is 0 Å². The van der Waals surface area contributed by atoms with Crippen LogP contribution in [0.5, 0.6) is 0 Å². The van der Waals surface area contributed by atoms with Gasteiger partial charge in [0, 0.05) is 0 Å². The van der Waals surface area contributed by atoms with Gasteiger partial charge >= 0.3 is 0 Å². The summed E-state index contributed by atoms with van der Waals surface area (Å²) in [7, 11) is 0. The van der Waals surface area contributed by atoms with Crippen molar-refractivity contribution in [3.05, 3.63) is 4.91 Å². The highest BCUT2D eigenvalue weighted by Crippen LogP contribution is 2.19. The molecule has 0 aromatic rings. The van der Waals surface area contributed by atoms with Gasteiger partial charge in [0.25, 0.3) is 0 Å². The fourth-order valence-electron chi connectivity index (χ4n) is 1.39. The van der Waals surface area contributed by atoms with Crippen LogP contribution in [0, 0.1) is 4.91 Å². The van der Waals surface area contributed by atoms with E-state index < -0.39 is 6.10 Å². The average molecular weight is 143 g/mol. The average Bonchev–Trinajstić information content (AvgIpc) is 2.13. The van der Waals surface area contributed by atoms with E-state index >= 15 is 0 Å². The smallest absolute Gasteiger partial charge is 0.118 e. The third-order valence-electron chi connectivity index (χ3n) is 2.08. The molecule has 1 aliphatic carbocycles. The van der Waals surface area contributed by atoms with E-state index in [9.17, 15) is 10.0 Å². The Hall–Kier alpha value is -0.440. The molecular weight excluding hydrogens is 130 g/mol. The van der Waals surface area contributed by atoms with Crippen molar-refractivity contribution in [2.45, 2.75) is 44.2 Å². The second kappa shape index (κ2) is 3.66. The Bertz CT molecular complexity index is 116. The fraction of sp³-hybridized carbons (Fsp3) is 1.00. The minimum atomic E-state index is -0.472. The quantitative estimate of drug-likeness (QED) is 0.446. The van der Waals surface area contributed by atoms with E-state index in [1.54, 1.807) is 0 Å². The van der Waals surface area contributed by atoms with Crippen molar-refractivity contribution < 1.29 is 5.11 Å². The molecule has 58 valence electrons. The lowest BCUT2D eigenvalue weighted by atomic mass is 10.1. The van der Waals surface area contributed by atoms with Crippen LogP contribution in [0.15, 0.2) is 5.18 Å². The first-order chi connectivity index (χ1) is 4.84. The molecule has 0 aliphatic heterocycles. The van der Waals surface area contributed by atoms with Crippen molar-refractivity contribution >= 4 is 0 Å². The first kappa shape index (κ1) is 7.66. The Balaban J connectivity index is 2.43. The molecule has 2 atom stereocenters. The lowest BCUT2D eigenvalue weighted by Crippen LogP contribution is -2.21. The monoisotopic (exact) mass is 143 g/mol. The molecule has 2 unspecified atom stereocenters. The second-order valence-electron chi connectivity index (χ2n) is 2.88. The standard InChI is InChI=1S/C7H13NO2/c9-7-5-3-1-2-4-6(7)8-10/h6-7,9H,1-5H2. The SMILES string of the molecule is O=NC1CCCCCC1O. The predicted molar refractivity (Wildman–Crippen MR) is 38.7 cm³/mol. The third kappa shape index (κ3) is 1.77. The Kier molecular flexibility index (Phi) is 2.81. The van der Waals surface area contributed by atoms with Gasteiger partial charge in [0.05, 0.1) is 6.10 Å². The molecule has 1 aliphatic rings. The maximum Gasteiger partial charge on any atom is 0.118 e. The molecule has 1 rings (SSSR count). The zero-order valence-electron chi connectivity index (χ0n) is 5.99. The highest BCUT2D eigenvalue weighted by atomic mass is 16.3. The summed E-state index contributed by atoms with van der Waals surface area (Å²) >= 11 is 0.